The Morgan fingerprint density at radius 2 is 1.77 bits per heavy atom. The van der Waals surface area contributed by atoms with Gasteiger partial charge in [0.1, 0.15) is 10.7 Å². The minimum Gasteiger partial charge on any atom is -0.391 e. The van der Waals surface area contributed by atoms with Crippen molar-refractivity contribution in [2.75, 3.05) is 10.0 Å². The molecule has 0 spiro atoms. The highest BCUT2D eigenvalue weighted by Gasteiger charge is 2.18. The van der Waals surface area contributed by atoms with E-state index in [1.54, 1.807) is 6.92 Å². The average Bonchev–Trinajstić information content (AvgIpc) is 2.71. The van der Waals surface area contributed by atoms with Crippen molar-refractivity contribution < 1.29 is 22.3 Å². The number of hydrogen-bond donors (Lipinski definition) is 3. The van der Waals surface area contributed by atoms with Crippen molar-refractivity contribution in [3.63, 3.8) is 0 Å². The van der Waals surface area contributed by atoms with E-state index >= 15 is 0 Å². The second kappa shape index (κ2) is 9.19. The van der Waals surface area contributed by atoms with Gasteiger partial charge in [-0.1, -0.05) is 30.3 Å². The molecule has 158 valence electrons. The summed E-state index contributed by atoms with van der Waals surface area (Å²) in [6, 6.07) is 14.7. The summed E-state index contributed by atoms with van der Waals surface area (Å²) in [5, 5.41) is 13.4. The predicted molar refractivity (Wildman–Crippen MR) is 111 cm³/mol. The number of aliphatic hydroxyl groups excluding tert-OH is 1. The van der Waals surface area contributed by atoms with Crippen molar-refractivity contribution in [3.05, 3.63) is 84.1 Å². The highest BCUT2D eigenvalue weighted by Crippen LogP contribution is 2.19. The first-order chi connectivity index (χ1) is 14.2. The Labute approximate surface area is 173 Å². The van der Waals surface area contributed by atoms with Crippen LogP contribution in [0.4, 0.5) is 20.3 Å². The largest absolute Gasteiger partial charge is 0.391 e. The van der Waals surface area contributed by atoms with E-state index in [1.165, 1.54) is 12.1 Å². The van der Waals surface area contributed by atoms with E-state index in [9.17, 15) is 22.3 Å². The zero-order valence-electron chi connectivity index (χ0n) is 16.1. The number of anilines is 2. The van der Waals surface area contributed by atoms with E-state index in [0.29, 0.717) is 12.2 Å². The van der Waals surface area contributed by atoms with Gasteiger partial charge in [-0.3, -0.25) is 4.72 Å². The molecule has 9 heteroatoms. The minimum absolute atomic E-state index is 0.103. The fourth-order valence-corrected chi connectivity index (χ4v) is 3.75. The van der Waals surface area contributed by atoms with Crippen LogP contribution in [0.15, 0.2) is 71.8 Å². The second-order valence-corrected chi connectivity index (χ2v) is 8.49. The Morgan fingerprint density at radius 3 is 2.40 bits per heavy atom. The molecule has 6 nitrogen and oxygen atoms in total. The zero-order valence-corrected chi connectivity index (χ0v) is 16.9. The van der Waals surface area contributed by atoms with Gasteiger partial charge in [-0.15, -0.1) is 0 Å². The van der Waals surface area contributed by atoms with E-state index in [4.69, 9.17) is 0 Å². The molecule has 0 aliphatic rings. The van der Waals surface area contributed by atoms with Crippen molar-refractivity contribution in [2.24, 2.45) is 0 Å². The summed E-state index contributed by atoms with van der Waals surface area (Å²) in [4.78, 5) is 3.93. The summed E-state index contributed by atoms with van der Waals surface area (Å²) in [7, 11) is -4.02. The number of benzene rings is 2. The maximum Gasteiger partial charge on any atom is 0.263 e. The Hall–Kier alpha value is -3.04. The molecule has 2 aromatic carbocycles. The molecule has 0 aliphatic carbocycles. The van der Waals surface area contributed by atoms with Crippen molar-refractivity contribution in [2.45, 2.75) is 30.4 Å². The van der Waals surface area contributed by atoms with Crippen LogP contribution in [0.1, 0.15) is 12.5 Å². The van der Waals surface area contributed by atoms with E-state index in [0.717, 1.165) is 30.0 Å². The zero-order chi connectivity index (χ0) is 21.7. The molecular weight excluding hydrogens is 412 g/mol. The Balaban J connectivity index is 1.64. The van der Waals surface area contributed by atoms with Crippen molar-refractivity contribution in [3.8, 4) is 0 Å². The van der Waals surface area contributed by atoms with Gasteiger partial charge in [-0.2, -0.15) is 0 Å². The van der Waals surface area contributed by atoms with Crippen LogP contribution in [0.25, 0.3) is 0 Å². The molecule has 2 atom stereocenters. The van der Waals surface area contributed by atoms with Crippen LogP contribution in [0.3, 0.4) is 0 Å². The van der Waals surface area contributed by atoms with Crippen LogP contribution in [0, 0.1) is 11.6 Å². The third kappa shape index (κ3) is 5.52. The first-order valence-corrected chi connectivity index (χ1v) is 10.7. The molecule has 0 aliphatic heterocycles. The number of nitrogens with one attached hydrogen (secondary N) is 2. The Kier molecular flexibility index (Phi) is 6.63. The molecule has 3 rings (SSSR count). The maximum absolute atomic E-state index is 13.3. The molecule has 0 fully saturated rings. The van der Waals surface area contributed by atoms with Crippen LogP contribution < -0.4 is 10.0 Å². The first kappa shape index (κ1) is 21.7. The van der Waals surface area contributed by atoms with E-state index in [1.807, 2.05) is 30.3 Å². The summed E-state index contributed by atoms with van der Waals surface area (Å²) in [5.41, 5.74) is 0.894. The third-order valence-corrected chi connectivity index (χ3v) is 5.83. The number of aliphatic hydroxyl groups is 1. The van der Waals surface area contributed by atoms with Gasteiger partial charge in [0.15, 0.2) is 11.6 Å². The number of pyridine rings is 1. The fourth-order valence-electron chi connectivity index (χ4n) is 2.76. The van der Waals surface area contributed by atoms with Gasteiger partial charge < -0.3 is 10.4 Å². The van der Waals surface area contributed by atoms with Crippen LogP contribution in [-0.2, 0) is 16.4 Å². The minimum atomic E-state index is -4.02. The van der Waals surface area contributed by atoms with Gasteiger partial charge in [0.05, 0.1) is 17.8 Å². The van der Waals surface area contributed by atoms with Crippen LogP contribution in [0.2, 0.25) is 0 Å². The van der Waals surface area contributed by atoms with Gasteiger partial charge in [-0.25, -0.2) is 22.2 Å². The molecule has 0 radical (unpaired) electrons. The lowest BCUT2D eigenvalue weighted by molar-refractivity contribution is 0.158. The van der Waals surface area contributed by atoms with Crippen molar-refractivity contribution in [1.29, 1.82) is 0 Å². The van der Waals surface area contributed by atoms with Crippen LogP contribution in [0.5, 0.6) is 0 Å². The Bertz CT molecular complexity index is 1090. The number of halogens is 2. The molecule has 0 saturated carbocycles. The van der Waals surface area contributed by atoms with E-state index < -0.39 is 27.8 Å². The topological polar surface area (TPSA) is 91.3 Å². The SMILES string of the molecule is CC(Nc1ccc(S(=O)(=O)Nc2ccc(F)c(F)c2)cn1)C(O)Cc1ccccc1. The van der Waals surface area contributed by atoms with Gasteiger partial charge in [0.2, 0.25) is 0 Å². The summed E-state index contributed by atoms with van der Waals surface area (Å²) < 4.78 is 53.3. The lowest BCUT2D eigenvalue weighted by atomic mass is 10.0. The monoisotopic (exact) mass is 433 g/mol. The van der Waals surface area contributed by atoms with E-state index in [2.05, 4.69) is 15.0 Å². The third-order valence-electron chi connectivity index (χ3n) is 4.46. The highest BCUT2D eigenvalue weighted by molar-refractivity contribution is 7.92. The van der Waals surface area contributed by atoms with Crippen LogP contribution >= 0.6 is 0 Å². The molecule has 2 unspecified atom stereocenters. The quantitative estimate of drug-likeness (QED) is 0.505. The first-order valence-electron chi connectivity index (χ1n) is 9.17. The second-order valence-electron chi connectivity index (χ2n) is 6.80. The molecule has 0 amide bonds. The van der Waals surface area contributed by atoms with Crippen LogP contribution in [-0.4, -0.2) is 30.7 Å². The summed E-state index contributed by atoms with van der Waals surface area (Å²) >= 11 is 0. The number of aromatic nitrogens is 1. The molecule has 0 saturated heterocycles. The predicted octanol–water partition coefficient (Wildman–Crippen LogP) is 3.56. The van der Waals surface area contributed by atoms with Gasteiger partial charge >= 0.3 is 0 Å². The average molecular weight is 433 g/mol. The smallest absolute Gasteiger partial charge is 0.263 e. The molecule has 0 bridgehead atoms. The molecule has 30 heavy (non-hydrogen) atoms. The lowest BCUT2D eigenvalue weighted by Crippen LogP contribution is -2.32. The van der Waals surface area contributed by atoms with E-state index in [-0.39, 0.29) is 16.6 Å². The standard InChI is InChI=1S/C21H21F2N3O3S/c1-14(20(27)11-15-5-3-2-4-6-15)25-21-10-8-17(13-24-21)30(28,29)26-16-7-9-18(22)19(23)12-16/h2-10,12-14,20,26-27H,11H2,1H3,(H,24,25). The molecule has 1 aromatic heterocycles. The molecular formula is C21H21F2N3O3S. The molecule has 1 heterocycles. The molecule has 3 N–H and O–H groups in total. The summed E-state index contributed by atoms with van der Waals surface area (Å²) in [6.07, 6.45) is 0.924. The summed E-state index contributed by atoms with van der Waals surface area (Å²) in [5.74, 6) is -1.84. The van der Waals surface area contributed by atoms with Crippen molar-refractivity contribution in [1.82, 2.24) is 4.98 Å². The van der Waals surface area contributed by atoms with Gasteiger partial charge in [0, 0.05) is 18.7 Å². The lowest BCUT2D eigenvalue weighted by Gasteiger charge is -2.21. The summed E-state index contributed by atoms with van der Waals surface area (Å²) in [6.45, 7) is 1.80. The Morgan fingerprint density at radius 1 is 1.03 bits per heavy atom. The number of sulfonamides is 1. The van der Waals surface area contributed by atoms with Crippen molar-refractivity contribution >= 4 is 21.5 Å². The normalized spacial score (nSPS) is 13.5. The molecule has 3 aromatic rings. The van der Waals surface area contributed by atoms with Gasteiger partial charge in [-0.05, 0) is 36.8 Å². The number of nitrogens with zero attached hydrogens (tertiary/aromatic N) is 1. The number of hydrogen-bond acceptors (Lipinski definition) is 5. The maximum atomic E-state index is 13.3. The fraction of sp³-hybridized carbons (Fsp3) is 0.190. The number of rotatable bonds is 8. The highest BCUT2D eigenvalue weighted by atomic mass is 32.2. The van der Waals surface area contributed by atoms with Gasteiger partial charge in [0.25, 0.3) is 10.0 Å².